The highest BCUT2D eigenvalue weighted by atomic mass is 16.3. The fourth-order valence-electron chi connectivity index (χ4n) is 5.21. The number of aryl methyl sites for hydroxylation is 1. The van der Waals surface area contributed by atoms with Crippen molar-refractivity contribution in [2.45, 2.75) is 25.7 Å². The first-order chi connectivity index (χ1) is 16.8. The highest BCUT2D eigenvalue weighted by Crippen LogP contribution is 2.29. The van der Waals surface area contributed by atoms with Crippen molar-refractivity contribution in [2.75, 3.05) is 32.7 Å². The van der Waals surface area contributed by atoms with E-state index in [-0.39, 0.29) is 18.5 Å². The average molecular weight is 457 g/mol. The van der Waals surface area contributed by atoms with Gasteiger partial charge in [0.1, 0.15) is 6.73 Å². The van der Waals surface area contributed by atoms with Crippen LogP contribution in [-0.4, -0.2) is 56.8 Å². The lowest BCUT2D eigenvalue weighted by Crippen LogP contribution is -2.48. The summed E-state index contributed by atoms with van der Waals surface area (Å²) in [7, 11) is 0. The van der Waals surface area contributed by atoms with Gasteiger partial charge in [-0.05, 0) is 36.2 Å². The quantitative estimate of drug-likeness (QED) is 0.441. The largest absolute Gasteiger partial charge is 0.376 e. The average Bonchev–Trinajstić information content (AvgIpc) is 3.17. The highest BCUT2D eigenvalue weighted by Gasteiger charge is 2.26. The number of fused-ring (bicyclic) bond motifs is 1. The van der Waals surface area contributed by atoms with Gasteiger partial charge in [-0.3, -0.25) is 14.0 Å². The van der Waals surface area contributed by atoms with Crippen LogP contribution in [0.5, 0.6) is 0 Å². The molecule has 0 spiro atoms. The summed E-state index contributed by atoms with van der Waals surface area (Å²) in [6.45, 7) is 5.38. The fourth-order valence-corrected chi connectivity index (χ4v) is 5.21. The fraction of sp³-hybridized carbons (Fsp3) is 0.321. The maximum atomic E-state index is 12.7. The SMILES string of the molecule is O=c1n(CO)c2ccccc2n1CCCN1CCN(C(c2ccccc2)c2ccccc2)CC1. The van der Waals surface area contributed by atoms with E-state index >= 15 is 0 Å². The van der Waals surface area contributed by atoms with Gasteiger partial charge in [-0.1, -0.05) is 72.8 Å². The van der Waals surface area contributed by atoms with Crippen molar-refractivity contribution in [3.05, 3.63) is 107 Å². The Morgan fingerprint density at radius 3 is 1.76 bits per heavy atom. The Morgan fingerprint density at radius 1 is 0.676 bits per heavy atom. The number of hydrogen-bond acceptors (Lipinski definition) is 4. The molecule has 34 heavy (non-hydrogen) atoms. The van der Waals surface area contributed by atoms with E-state index in [0.717, 1.165) is 50.2 Å². The summed E-state index contributed by atoms with van der Waals surface area (Å²) in [5.74, 6) is 0. The maximum Gasteiger partial charge on any atom is 0.331 e. The van der Waals surface area contributed by atoms with Crippen LogP contribution in [0.2, 0.25) is 0 Å². The molecule has 0 radical (unpaired) electrons. The Morgan fingerprint density at radius 2 is 1.21 bits per heavy atom. The van der Waals surface area contributed by atoms with Gasteiger partial charge >= 0.3 is 5.69 Å². The number of piperazine rings is 1. The summed E-state index contributed by atoms with van der Waals surface area (Å²) in [5, 5.41) is 9.63. The van der Waals surface area contributed by atoms with Crippen molar-refractivity contribution in [3.63, 3.8) is 0 Å². The molecule has 1 aliphatic heterocycles. The van der Waals surface area contributed by atoms with Crippen LogP contribution < -0.4 is 5.69 Å². The zero-order valence-electron chi connectivity index (χ0n) is 19.5. The van der Waals surface area contributed by atoms with Crippen LogP contribution in [0.4, 0.5) is 0 Å². The van der Waals surface area contributed by atoms with Gasteiger partial charge in [-0.25, -0.2) is 4.79 Å². The number of rotatable bonds is 8. The van der Waals surface area contributed by atoms with Crippen molar-refractivity contribution < 1.29 is 5.11 Å². The number of aliphatic hydroxyl groups excluding tert-OH is 1. The lowest BCUT2D eigenvalue weighted by Gasteiger charge is -2.39. The number of hydrogen-bond donors (Lipinski definition) is 1. The molecule has 4 aromatic rings. The number of benzene rings is 3. The molecule has 2 heterocycles. The molecule has 0 saturated carbocycles. The van der Waals surface area contributed by atoms with Gasteiger partial charge < -0.3 is 10.0 Å². The number of para-hydroxylation sites is 2. The maximum absolute atomic E-state index is 12.7. The van der Waals surface area contributed by atoms with Crippen molar-refractivity contribution in [3.8, 4) is 0 Å². The molecular formula is C28H32N4O2. The normalized spacial score (nSPS) is 15.4. The molecule has 3 aromatic carbocycles. The highest BCUT2D eigenvalue weighted by molar-refractivity contribution is 5.75. The Kier molecular flexibility index (Phi) is 6.90. The molecule has 0 unspecified atom stereocenters. The van der Waals surface area contributed by atoms with Gasteiger partial charge in [0.25, 0.3) is 0 Å². The topological polar surface area (TPSA) is 53.6 Å². The summed E-state index contributed by atoms with van der Waals surface area (Å²) < 4.78 is 3.23. The molecule has 0 bridgehead atoms. The van der Waals surface area contributed by atoms with Crippen LogP contribution in [0, 0.1) is 0 Å². The Balaban J connectivity index is 1.22. The second-order valence-electron chi connectivity index (χ2n) is 8.95. The first kappa shape index (κ1) is 22.6. The third-order valence-electron chi connectivity index (χ3n) is 6.93. The van der Waals surface area contributed by atoms with Gasteiger partial charge in [-0.15, -0.1) is 0 Å². The van der Waals surface area contributed by atoms with E-state index in [1.54, 1.807) is 4.57 Å². The molecule has 0 amide bonds. The van der Waals surface area contributed by atoms with Crippen molar-refractivity contribution >= 4 is 11.0 Å². The third kappa shape index (κ3) is 4.57. The summed E-state index contributed by atoms with van der Waals surface area (Å²) in [4.78, 5) is 17.8. The smallest absolute Gasteiger partial charge is 0.331 e. The molecule has 1 aliphatic rings. The van der Waals surface area contributed by atoms with Gasteiger partial charge in [0.05, 0.1) is 17.1 Å². The summed E-state index contributed by atoms with van der Waals surface area (Å²) >= 11 is 0. The van der Waals surface area contributed by atoms with E-state index in [2.05, 4.69) is 70.5 Å². The standard InChI is InChI=1S/C28H32N4O2/c33-22-32-26-15-8-7-14-25(26)31(28(32)34)17-9-16-29-18-20-30(21-19-29)27(23-10-3-1-4-11-23)24-12-5-2-6-13-24/h1-8,10-15,27,33H,9,16-22H2. The van der Waals surface area contributed by atoms with Crippen LogP contribution in [0.3, 0.4) is 0 Å². The lowest BCUT2D eigenvalue weighted by atomic mass is 9.96. The molecule has 5 rings (SSSR count). The second-order valence-corrected chi connectivity index (χ2v) is 8.95. The third-order valence-corrected chi connectivity index (χ3v) is 6.93. The van der Waals surface area contributed by atoms with E-state index in [0.29, 0.717) is 6.54 Å². The van der Waals surface area contributed by atoms with Crippen LogP contribution in [-0.2, 0) is 13.3 Å². The van der Waals surface area contributed by atoms with E-state index in [1.165, 1.54) is 15.7 Å². The second kappa shape index (κ2) is 10.4. The van der Waals surface area contributed by atoms with Crippen LogP contribution in [0.25, 0.3) is 11.0 Å². The Bertz CT molecular complexity index is 1220. The molecule has 176 valence electrons. The van der Waals surface area contributed by atoms with Crippen molar-refractivity contribution in [1.29, 1.82) is 0 Å². The summed E-state index contributed by atoms with van der Waals surface area (Å²) in [6, 6.07) is 29.5. The first-order valence-corrected chi connectivity index (χ1v) is 12.1. The number of aromatic nitrogens is 2. The lowest BCUT2D eigenvalue weighted by molar-refractivity contribution is 0.107. The van der Waals surface area contributed by atoms with E-state index in [1.807, 2.05) is 24.3 Å². The van der Waals surface area contributed by atoms with E-state index < -0.39 is 0 Å². The number of aliphatic hydroxyl groups is 1. The molecule has 1 aromatic heterocycles. The minimum absolute atomic E-state index is 0.137. The first-order valence-electron chi connectivity index (χ1n) is 12.1. The van der Waals surface area contributed by atoms with E-state index in [4.69, 9.17) is 0 Å². The molecule has 0 aliphatic carbocycles. The van der Waals surface area contributed by atoms with Crippen LogP contribution in [0.1, 0.15) is 23.6 Å². The van der Waals surface area contributed by atoms with Crippen molar-refractivity contribution in [2.24, 2.45) is 0 Å². The van der Waals surface area contributed by atoms with Gasteiger partial charge in [0.2, 0.25) is 0 Å². The predicted molar refractivity (Wildman–Crippen MR) is 136 cm³/mol. The molecule has 1 saturated heterocycles. The number of imidazole rings is 1. The zero-order valence-corrected chi connectivity index (χ0v) is 19.5. The van der Waals surface area contributed by atoms with Gasteiger partial charge in [-0.2, -0.15) is 0 Å². The van der Waals surface area contributed by atoms with Crippen molar-refractivity contribution in [1.82, 2.24) is 18.9 Å². The summed E-state index contributed by atoms with van der Waals surface area (Å²) in [6.07, 6.45) is 0.903. The van der Waals surface area contributed by atoms with Gasteiger partial charge in [0.15, 0.2) is 0 Å². The molecule has 6 nitrogen and oxygen atoms in total. The minimum atomic E-state index is -0.293. The molecule has 0 atom stereocenters. The zero-order chi connectivity index (χ0) is 23.3. The summed E-state index contributed by atoms with van der Waals surface area (Å²) in [5.41, 5.74) is 4.21. The van der Waals surface area contributed by atoms with Gasteiger partial charge in [0, 0.05) is 32.7 Å². The predicted octanol–water partition coefficient (Wildman–Crippen LogP) is 3.55. The van der Waals surface area contributed by atoms with E-state index in [9.17, 15) is 9.90 Å². The number of nitrogens with zero attached hydrogens (tertiary/aromatic N) is 4. The molecule has 1 N–H and O–H groups in total. The van der Waals surface area contributed by atoms with Crippen LogP contribution in [0.15, 0.2) is 89.7 Å². The molecule has 1 fully saturated rings. The monoisotopic (exact) mass is 456 g/mol. The molecule has 6 heteroatoms. The Labute approximate surface area is 200 Å². The Hall–Kier alpha value is -3.19. The minimum Gasteiger partial charge on any atom is -0.376 e. The van der Waals surface area contributed by atoms with Crippen LogP contribution >= 0.6 is 0 Å². The molecular weight excluding hydrogens is 424 g/mol.